The number of thioether (sulfide) groups is 1. The zero-order valence-corrected chi connectivity index (χ0v) is 8.78. The first kappa shape index (κ1) is 10.4. The van der Waals surface area contributed by atoms with Crippen molar-refractivity contribution in [2.75, 3.05) is 12.0 Å². The van der Waals surface area contributed by atoms with E-state index in [9.17, 15) is 5.11 Å². The van der Waals surface area contributed by atoms with Crippen molar-refractivity contribution < 1.29 is 5.11 Å². The molecule has 2 heteroatoms. The fourth-order valence-electron chi connectivity index (χ4n) is 1.97. The lowest BCUT2D eigenvalue weighted by Gasteiger charge is -2.19. The van der Waals surface area contributed by atoms with Gasteiger partial charge < -0.3 is 5.11 Å². The van der Waals surface area contributed by atoms with Crippen LogP contribution in [0.3, 0.4) is 0 Å². The van der Waals surface area contributed by atoms with Gasteiger partial charge in [0.15, 0.2) is 0 Å². The van der Waals surface area contributed by atoms with Crippen LogP contribution < -0.4 is 0 Å². The second-order valence-corrected chi connectivity index (χ2v) is 4.73. The molecule has 2 atom stereocenters. The fourth-order valence-corrected chi connectivity index (χ4v) is 2.51. The topological polar surface area (TPSA) is 20.2 Å². The van der Waals surface area contributed by atoms with Crippen molar-refractivity contribution in [2.45, 2.75) is 44.6 Å². The van der Waals surface area contributed by atoms with E-state index < -0.39 is 0 Å². The maximum atomic E-state index is 9.77. The Morgan fingerprint density at radius 2 is 2.00 bits per heavy atom. The van der Waals surface area contributed by atoms with Gasteiger partial charge in [-0.25, -0.2) is 0 Å². The Bertz CT molecular complexity index is 116. The van der Waals surface area contributed by atoms with Crippen LogP contribution in [0.5, 0.6) is 0 Å². The summed E-state index contributed by atoms with van der Waals surface area (Å²) >= 11 is 1.89. The smallest absolute Gasteiger partial charge is 0.0568 e. The minimum atomic E-state index is -0.000324. The molecule has 1 N–H and O–H groups in total. The lowest BCUT2D eigenvalue weighted by molar-refractivity contribution is 0.0991. The maximum absolute atomic E-state index is 9.77. The second kappa shape index (κ2) is 5.87. The van der Waals surface area contributed by atoms with Gasteiger partial charge in [0.1, 0.15) is 0 Å². The van der Waals surface area contributed by atoms with E-state index in [-0.39, 0.29) is 6.10 Å². The molecule has 72 valence electrons. The van der Waals surface area contributed by atoms with E-state index in [4.69, 9.17) is 0 Å². The Morgan fingerprint density at radius 3 is 2.75 bits per heavy atom. The van der Waals surface area contributed by atoms with Crippen molar-refractivity contribution in [1.29, 1.82) is 0 Å². The Kier molecular flexibility index (Phi) is 5.08. The Hall–Kier alpha value is 0.310. The highest BCUT2D eigenvalue weighted by atomic mass is 32.2. The van der Waals surface area contributed by atoms with Crippen LogP contribution in [0, 0.1) is 5.92 Å². The van der Waals surface area contributed by atoms with Crippen molar-refractivity contribution in [3.05, 3.63) is 0 Å². The highest BCUT2D eigenvalue weighted by Crippen LogP contribution is 2.26. The fraction of sp³-hybridized carbons (Fsp3) is 1.00. The zero-order chi connectivity index (χ0) is 8.81. The summed E-state index contributed by atoms with van der Waals surface area (Å²) in [5, 5.41) is 9.77. The van der Waals surface area contributed by atoms with E-state index >= 15 is 0 Å². The number of hydrogen-bond acceptors (Lipinski definition) is 2. The Labute approximate surface area is 79.9 Å². The minimum Gasteiger partial charge on any atom is -0.393 e. The van der Waals surface area contributed by atoms with Gasteiger partial charge in [0, 0.05) is 0 Å². The summed E-state index contributed by atoms with van der Waals surface area (Å²) in [7, 11) is 0. The first-order chi connectivity index (χ1) is 5.84. The molecule has 1 rings (SSSR count). The maximum Gasteiger partial charge on any atom is 0.0568 e. The third-order valence-corrected chi connectivity index (χ3v) is 3.46. The summed E-state index contributed by atoms with van der Waals surface area (Å²) in [6.07, 6.45) is 9.53. The molecule has 1 fully saturated rings. The molecule has 1 aliphatic carbocycles. The average molecular weight is 188 g/mol. The largest absolute Gasteiger partial charge is 0.393 e. The number of rotatable bonds is 3. The summed E-state index contributed by atoms with van der Waals surface area (Å²) in [6, 6.07) is 0. The summed E-state index contributed by atoms with van der Waals surface area (Å²) in [4.78, 5) is 0. The van der Waals surface area contributed by atoms with Crippen LogP contribution in [0.15, 0.2) is 0 Å². The van der Waals surface area contributed by atoms with Gasteiger partial charge in [-0.05, 0) is 37.2 Å². The zero-order valence-electron chi connectivity index (χ0n) is 7.96. The molecule has 0 heterocycles. The third-order valence-electron chi connectivity index (χ3n) is 2.81. The van der Waals surface area contributed by atoms with Gasteiger partial charge in [-0.3, -0.25) is 0 Å². The molecule has 0 aromatic rings. The minimum absolute atomic E-state index is 0.000324. The normalized spacial score (nSPS) is 31.5. The van der Waals surface area contributed by atoms with Crippen LogP contribution in [0.25, 0.3) is 0 Å². The van der Waals surface area contributed by atoms with Crippen molar-refractivity contribution in [2.24, 2.45) is 5.92 Å². The molecule has 12 heavy (non-hydrogen) atoms. The summed E-state index contributed by atoms with van der Waals surface area (Å²) in [5.74, 6) is 1.81. The van der Waals surface area contributed by atoms with Crippen LogP contribution in [0.1, 0.15) is 38.5 Å². The van der Waals surface area contributed by atoms with Crippen LogP contribution in [0.4, 0.5) is 0 Å². The Balaban J connectivity index is 2.26. The molecule has 0 spiro atoms. The SMILES string of the molecule is CSCCC1CCCCCC1O. The monoisotopic (exact) mass is 188 g/mol. The molecule has 0 saturated heterocycles. The van der Waals surface area contributed by atoms with Crippen LogP contribution in [-0.2, 0) is 0 Å². The number of aliphatic hydroxyl groups excluding tert-OH is 1. The first-order valence-corrected chi connectivity index (χ1v) is 6.41. The Morgan fingerprint density at radius 1 is 1.25 bits per heavy atom. The van der Waals surface area contributed by atoms with Gasteiger partial charge in [0.25, 0.3) is 0 Å². The number of aliphatic hydroxyl groups is 1. The molecule has 0 aromatic carbocycles. The average Bonchev–Trinajstić information content (AvgIpc) is 2.27. The van der Waals surface area contributed by atoms with Gasteiger partial charge in [0.05, 0.1) is 6.10 Å². The van der Waals surface area contributed by atoms with Gasteiger partial charge in [-0.2, -0.15) is 11.8 Å². The molecule has 2 unspecified atom stereocenters. The van der Waals surface area contributed by atoms with E-state index in [2.05, 4.69) is 6.26 Å². The lowest BCUT2D eigenvalue weighted by Crippen LogP contribution is -2.19. The predicted octanol–water partition coefficient (Wildman–Crippen LogP) is 2.68. The van der Waals surface area contributed by atoms with Crippen LogP contribution >= 0.6 is 11.8 Å². The number of hydrogen-bond donors (Lipinski definition) is 1. The molecule has 0 aliphatic heterocycles. The molecular weight excluding hydrogens is 168 g/mol. The molecule has 0 aromatic heterocycles. The lowest BCUT2D eigenvalue weighted by atomic mass is 9.95. The second-order valence-electron chi connectivity index (χ2n) is 3.75. The van der Waals surface area contributed by atoms with E-state index in [0.717, 1.165) is 6.42 Å². The van der Waals surface area contributed by atoms with Crippen molar-refractivity contribution in [1.82, 2.24) is 0 Å². The van der Waals surface area contributed by atoms with Crippen LogP contribution in [-0.4, -0.2) is 23.2 Å². The standard InChI is InChI=1S/C10H20OS/c1-12-8-7-9-5-3-2-4-6-10(9)11/h9-11H,2-8H2,1H3. The van der Waals surface area contributed by atoms with Gasteiger partial charge in [0.2, 0.25) is 0 Å². The van der Waals surface area contributed by atoms with Gasteiger partial charge >= 0.3 is 0 Å². The third kappa shape index (κ3) is 3.36. The van der Waals surface area contributed by atoms with Gasteiger partial charge in [-0.1, -0.05) is 19.3 Å². The quantitative estimate of drug-likeness (QED) is 0.687. The predicted molar refractivity (Wildman–Crippen MR) is 55.6 cm³/mol. The first-order valence-electron chi connectivity index (χ1n) is 5.01. The summed E-state index contributed by atoms with van der Waals surface area (Å²) in [6.45, 7) is 0. The molecule has 0 bridgehead atoms. The van der Waals surface area contributed by atoms with Crippen molar-refractivity contribution in [3.8, 4) is 0 Å². The van der Waals surface area contributed by atoms with E-state index in [0.29, 0.717) is 5.92 Å². The molecular formula is C10H20OS. The van der Waals surface area contributed by atoms with Crippen molar-refractivity contribution >= 4 is 11.8 Å². The van der Waals surface area contributed by atoms with Crippen molar-refractivity contribution in [3.63, 3.8) is 0 Å². The van der Waals surface area contributed by atoms with Crippen LogP contribution in [0.2, 0.25) is 0 Å². The van der Waals surface area contributed by atoms with E-state index in [1.807, 2.05) is 11.8 Å². The van der Waals surface area contributed by atoms with E-state index in [1.165, 1.54) is 37.9 Å². The summed E-state index contributed by atoms with van der Waals surface area (Å²) in [5.41, 5.74) is 0. The highest BCUT2D eigenvalue weighted by molar-refractivity contribution is 7.98. The molecule has 1 nitrogen and oxygen atoms in total. The molecule has 0 radical (unpaired) electrons. The summed E-state index contributed by atoms with van der Waals surface area (Å²) < 4.78 is 0. The highest BCUT2D eigenvalue weighted by Gasteiger charge is 2.20. The van der Waals surface area contributed by atoms with E-state index in [1.54, 1.807) is 0 Å². The van der Waals surface area contributed by atoms with Gasteiger partial charge in [-0.15, -0.1) is 0 Å². The molecule has 0 amide bonds. The molecule has 1 aliphatic rings. The molecule has 1 saturated carbocycles.